The van der Waals surface area contributed by atoms with Gasteiger partial charge in [-0.15, -0.1) is 11.8 Å². The number of rotatable bonds is 9. The Hall–Kier alpha value is -1.56. The van der Waals surface area contributed by atoms with Crippen LogP contribution in [-0.4, -0.2) is 33.8 Å². The third-order valence-corrected chi connectivity index (χ3v) is 3.96. The Kier molecular flexibility index (Phi) is 7.82. The van der Waals surface area contributed by atoms with Gasteiger partial charge in [-0.25, -0.2) is 9.78 Å². The number of carboxylic acids is 1. The number of hydrogen-bond acceptors (Lipinski definition) is 4. The van der Waals surface area contributed by atoms with Crippen molar-refractivity contribution in [1.82, 2.24) is 10.3 Å². The highest BCUT2D eigenvalue weighted by Gasteiger charge is 2.09. The van der Waals surface area contributed by atoms with Crippen molar-refractivity contribution in [3.8, 4) is 0 Å². The highest BCUT2D eigenvalue weighted by molar-refractivity contribution is 8.00. The second-order valence-corrected chi connectivity index (χ2v) is 5.98. The van der Waals surface area contributed by atoms with Gasteiger partial charge in [0, 0.05) is 17.1 Å². The maximum atomic E-state index is 11.8. The maximum Gasteiger partial charge on any atom is 0.354 e. The van der Waals surface area contributed by atoms with E-state index in [1.807, 2.05) is 6.92 Å². The number of pyridine rings is 1. The van der Waals surface area contributed by atoms with Crippen molar-refractivity contribution in [3.05, 3.63) is 24.0 Å². The van der Waals surface area contributed by atoms with Crippen molar-refractivity contribution in [3.63, 3.8) is 0 Å². The first kappa shape index (κ1) is 17.5. The zero-order valence-electron chi connectivity index (χ0n) is 12.5. The van der Waals surface area contributed by atoms with Crippen molar-refractivity contribution in [2.24, 2.45) is 0 Å². The number of thioether (sulfide) groups is 1. The summed E-state index contributed by atoms with van der Waals surface area (Å²) in [5, 5.41) is 11.8. The van der Waals surface area contributed by atoms with Gasteiger partial charge in [0.25, 0.3) is 0 Å². The van der Waals surface area contributed by atoms with E-state index in [1.54, 1.807) is 6.07 Å². The Morgan fingerprint density at radius 3 is 2.86 bits per heavy atom. The van der Waals surface area contributed by atoms with Gasteiger partial charge in [0.2, 0.25) is 5.91 Å². The molecule has 1 atom stereocenters. The summed E-state index contributed by atoms with van der Waals surface area (Å²) < 4.78 is 0. The summed E-state index contributed by atoms with van der Waals surface area (Å²) >= 11 is 1.32. The molecule has 0 aliphatic rings. The third-order valence-electron chi connectivity index (χ3n) is 2.97. The quantitative estimate of drug-likeness (QED) is 0.541. The minimum atomic E-state index is -1.06. The van der Waals surface area contributed by atoms with Gasteiger partial charge in [0.05, 0.1) is 5.75 Å². The highest BCUT2D eigenvalue weighted by Crippen LogP contribution is 2.17. The van der Waals surface area contributed by atoms with E-state index < -0.39 is 5.97 Å². The van der Waals surface area contributed by atoms with Crippen LogP contribution in [0.4, 0.5) is 0 Å². The van der Waals surface area contributed by atoms with Crippen LogP contribution in [0.25, 0.3) is 0 Å². The number of amides is 1. The maximum absolute atomic E-state index is 11.8. The summed E-state index contributed by atoms with van der Waals surface area (Å²) in [5.41, 5.74) is -0.00616. The molecule has 1 rings (SSSR count). The van der Waals surface area contributed by atoms with Crippen LogP contribution in [0.3, 0.4) is 0 Å². The molecule has 2 N–H and O–H groups in total. The number of nitrogens with zero attached hydrogens (tertiary/aromatic N) is 1. The third kappa shape index (κ3) is 7.13. The van der Waals surface area contributed by atoms with E-state index in [0.717, 1.165) is 17.7 Å². The van der Waals surface area contributed by atoms with Crippen LogP contribution in [-0.2, 0) is 4.79 Å². The second kappa shape index (κ2) is 9.39. The van der Waals surface area contributed by atoms with Gasteiger partial charge in [-0.3, -0.25) is 4.79 Å². The van der Waals surface area contributed by atoms with Gasteiger partial charge in [-0.05, 0) is 25.5 Å². The van der Waals surface area contributed by atoms with Crippen LogP contribution in [0.15, 0.2) is 23.2 Å². The molecule has 5 nitrogen and oxygen atoms in total. The zero-order chi connectivity index (χ0) is 15.7. The van der Waals surface area contributed by atoms with Crippen molar-refractivity contribution in [2.75, 3.05) is 5.75 Å². The molecule has 1 aromatic heterocycles. The first-order chi connectivity index (χ1) is 10.0. The van der Waals surface area contributed by atoms with Gasteiger partial charge >= 0.3 is 5.97 Å². The van der Waals surface area contributed by atoms with Crippen molar-refractivity contribution >= 4 is 23.6 Å². The van der Waals surface area contributed by atoms with Crippen LogP contribution in [0, 0.1) is 0 Å². The molecule has 1 heterocycles. The average molecular weight is 310 g/mol. The molecule has 0 aliphatic carbocycles. The fraction of sp³-hybridized carbons (Fsp3) is 0.533. The normalized spacial score (nSPS) is 11.9. The van der Waals surface area contributed by atoms with Crippen molar-refractivity contribution < 1.29 is 14.7 Å². The summed E-state index contributed by atoms with van der Waals surface area (Å²) in [6.07, 6.45) is 5.91. The molecule has 0 aromatic carbocycles. The van der Waals surface area contributed by atoms with E-state index in [1.165, 1.54) is 36.9 Å². The first-order valence-electron chi connectivity index (χ1n) is 7.14. The van der Waals surface area contributed by atoms with Crippen molar-refractivity contribution in [2.45, 2.75) is 50.5 Å². The summed E-state index contributed by atoms with van der Waals surface area (Å²) in [7, 11) is 0. The SMILES string of the molecule is CCCCCC(C)NC(=O)CSc1ccnc(C(=O)O)c1. The van der Waals surface area contributed by atoms with E-state index in [-0.39, 0.29) is 23.4 Å². The van der Waals surface area contributed by atoms with Gasteiger partial charge < -0.3 is 10.4 Å². The lowest BCUT2D eigenvalue weighted by molar-refractivity contribution is -0.119. The van der Waals surface area contributed by atoms with Gasteiger partial charge in [-0.2, -0.15) is 0 Å². The lowest BCUT2D eigenvalue weighted by atomic mass is 10.1. The zero-order valence-corrected chi connectivity index (χ0v) is 13.3. The Morgan fingerprint density at radius 2 is 2.19 bits per heavy atom. The molecule has 0 fully saturated rings. The second-order valence-electron chi connectivity index (χ2n) is 4.93. The largest absolute Gasteiger partial charge is 0.477 e. The minimum absolute atomic E-state index is 0.00616. The van der Waals surface area contributed by atoms with E-state index in [9.17, 15) is 9.59 Å². The highest BCUT2D eigenvalue weighted by atomic mass is 32.2. The Morgan fingerprint density at radius 1 is 1.43 bits per heavy atom. The molecule has 1 unspecified atom stereocenters. The number of unbranched alkanes of at least 4 members (excludes halogenated alkanes) is 2. The Balaban J connectivity index is 2.35. The van der Waals surface area contributed by atoms with Crippen LogP contribution in [0.2, 0.25) is 0 Å². The van der Waals surface area contributed by atoms with Crippen molar-refractivity contribution in [1.29, 1.82) is 0 Å². The Bertz CT molecular complexity index is 480. The number of carbonyl (C=O) groups is 2. The summed E-state index contributed by atoms with van der Waals surface area (Å²) in [4.78, 5) is 27.1. The average Bonchev–Trinajstić information content (AvgIpc) is 2.45. The fourth-order valence-electron chi connectivity index (χ4n) is 1.86. The Labute approximate surface area is 129 Å². The standard InChI is InChI=1S/C15H22N2O3S/c1-3-4-5-6-11(2)17-14(18)10-21-12-7-8-16-13(9-12)15(19)20/h7-9,11H,3-6,10H2,1-2H3,(H,17,18)(H,19,20). The molecule has 6 heteroatoms. The molecule has 0 saturated carbocycles. The van der Waals surface area contributed by atoms with E-state index in [0.29, 0.717) is 0 Å². The minimum Gasteiger partial charge on any atom is -0.477 e. The molecule has 0 radical (unpaired) electrons. The smallest absolute Gasteiger partial charge is 0.354 e. The number of nitrogens with one attached hydrogen (secondary N) is 1. The van der Waals surface area contributed by atoms with E-state index in [4.69, 9.17) is 5.11 Å². The monoisotopic (exact) mass is 310 g/mol. The van der Waals surface area contributed by atoms with Gasteiger partial charge in [-0.1, -0.05) is 26.2 Å². The fourth-order valence-corrected chi connectivity index (χ4v) is 2.59. The molecular weight excluding hydrogens is 288 g/mol. The van der Waals surface area contributed by atoms with E-state index in [2.05, 4.69) is 17.2 Å². The summed E-state index contributed by atoms with van der Waals surface area (Å²) in [5.74, 6) is -0.814. The summed E-state index contributed by atoms with van der Waals surface area (Å²) in [6.45, 7) is 4.16. The van der Waals surface area contributed by atoms with Crippen LogP contribution < -0.4 is 5.32 Å². The lowest BCUT2D eigenvalue weighted by Crippen LogP contribution is -2.33. The molecule has 0 saturated heterocycles. The summed E-state index contributed by atoms with van der Waals surface area (Å²) in [6, 6.07) is 3.36. The topological polar surface area (TPSA) is 79.3 Å². The molecule has 1 aromatic rings. The first-order valence-corrected chi connectivity index (χ1v) is 8.13. The molecule has 0 bridgehead atoms. The lowest BCUT2D eigenvalue weighted by Gasteiger charge is -2.13. The predicted molar refractivity (Wildman–Crippen MR) is 83.7 cm³/mol. The molecular formula is C15H22N2O3S. The number of carboxylic acid groups (broad SMARTS) is 1. The molecule has 116 valence electrons. The van der Waals surface area contributed by atoms with Gasteiger partial charge in [0.1, 0.15) is 5.69 Å². The van der Waals surface area contributed by atoms with Crippen LogP contribution >= 0.6 is 11.8 Å². The number of carbonyl (C=O) groups excluding carboxylic acids is 1. The number of aromatic nitrogens is 1. The van der Waals surface area contributed by atoms with E-state index >= 15 is 0 Å². The number of hydrogen-bond donors (Lipinski definition) is 2. The number of aromatic carboxylic acids is 1. The van der Waals surface area contributed by atoms with Crippen LogP contribution in [0.1, 0.15) is 50.0 Å². The molecule has 1 amide bonds. The molecule has 0 spiro atoms. The van der Waals surface area contributed by atoms with Crippen LogP contribution in [0.5, 0.6) is 0 Å². The molecule has 0 aliphatic heterocycles. The predicted octanol–water partition coefficient (Wildman–Crippen LogP) is 2.96. The van der Waals surface area contributed by atoms with Gasteiger partial charge in [0.15, 0.2) is 0 Å². The molecule has 21 heavy (non-hydrogen) atoms.